The Bertz CT molecular complexity index is 3420. The summed E-state index contributed by atoms with van der Waals surface area (Å²) in [6.45, 7) is 0. The van der Waals surface area contributed by atoms with Crippen molar-refractivity contribution in [1.29, 1.82) is 0 Å². The van der Waals surface area contributed by atoms with Gasteiger partial charge in [0.2, 0.25) is 0 Å². The van der Waals surface area contributed by atoms with Gasteiger partial charge in [-0.05, 0) is 91.8 Å². The first-order chi connectivity index (χ1) is 27.3. The second kappa shape index (κ2) is 11.6. The van der Waals surface area contributed by atoms with E-state index in [9.17, 15) is 0 Å². The Morgan fingerprint density at radius 1 is 0.218 bits per heavy atom. The number of fused-ring (bicyclic) bond motifs is 9. The Morgan fingerprint density at radius 3 is 1.22 bits per heavy atom. The molecule has 0 atom stereocenters. The zero-order chi connectivity index (χ0) is 36.0. The van der Waals surface area contributed by atoms with Crippen LogP contribution in [-0.2, 0) is 0 Å². The van der Waals surface area contributed by atoms with Gasteiger partial charge in [-0.2, -0.15) is 0 Å². The zero-order valence-corrected chi connectivity index (χ0v) is 29.5. The van der Waals surface area contributed by atoms with Crippen LogP contribution < -0.4 is 0 Å². The number of para-hydroxylation sites is 1. The quantitative estimate of drug-likeness (QED) is 0.171. The number of furan rings is 3. The standard InChI is InChI=1S/C52H30O3/c1-3-13-31(14-4-1)51-43-28-34(24-26-46(43)55-52(51)32-15-5-2-6-16-32)50-38-20-9-7-18-36(38)49(37-19-8-10-21-39(37)50)33-23-25-45-40(27-33)42-30-47-41(29-48(42)54-45)35-17-11-12-22-44(35)53-47/h1-30H. The molecule has 0 aliphatic heterocycles. The molecule has 0 N–H and O–H groups in total. The molecular formula is C52H30O3. The Balaban J connectivity index is 1.10. The lowest BCUT2D eigenvalue weighted by Crippen LogP contribution is -1.91. The van der Waals surface area contributed by atoms with Crippen molar-refractivity contribution in [2.45, 2.75) is 0 Å². The molecule has 0 spiro atoms. The highest BCUT2D eigenvalue weighted by Crippen LogP contribution is 2.48. The minimum absolute atomic E-state index is 0.858. The average Bonchev–Trinajstić information content (AvgIpc) is 3.93. The molecule has 12 rings (SSSR count). The molecule has 9 aromatic carbocycles. The number of hydrogen-bond acceptors (Lipinski definition) is 3. The van der Waals surface area contributed by atoms with E-state index in [-0.39, 0.29) is 0 Å². The van der Waals surface area contributed by atoms with Gasteiger partial charge < -0.3 is 13.3 Å². The van der Waals surface area contributed by atoms with Gasteiger partial charge in [0, 0.05) is 38.1 Å². The lowest BCUT2D eigenvalue weighted by molar-refractivity contribution is 0.632. The lowest BCUT2D eigenvalue weighted by atomic mass is 9.85. The van der Waals surface area contributed by atoms with Gasteiger partial charge >= 0.3 is 0 Å². The van der Waals surface area contributed by atoms with Crippen molar-refractivity contribution >= 4 is 76.4 Å². The summed E-state index contributed by atoms with van der Waals surface area (Å²) in [5, 5.41) is 10.2. The summed E-state index contributed by atoms with van der Waals surface area (Å²) in [5.41, 5.74) is 12.3. The molecule has 0 radical (unpaired) electrons. The third kappa shape index (κ3) is 4.50. The van der Waals surface area contributed by atoms with Crippen molar-refractivity contribution in [3.63, 3.8) is 0 Å². The maximum Gasteiger partial charge on any atom is 0.143 e. The van der Waals surface area contributed by atoms with Crippen molar-refractivity contribution in [1.82, 2.24) is 0 Å². The normalized spacial score (nSPS) is 12.0. The van der Waals surface area contributed by atoms with Crippen LogP contribution in [0.4, 0.5) is 0 Å². The van der Waals surface area contributed by atoms with E-state index in [1.807, 2.05) is 24.3 Å². The van der Waals surface area contributed by atoms with Crippen LogP contribution in [0.1, 0.15) is 0 Å². The van der Waals surface area contributed by atoms with Crippen molar-refractivity contribution in [3.8, 4) is 44.7 Å². The van der Waals surface area contributed by atoms with Crippen molar-refractivity contribution in [2.24, 2.45) is 0 Å². The average molecular weight is 703 g/mol. The van der Waals surface area contributed by atoms with E-state index in [1.165, 1.54) is 32.7 Å². The van der Waals surface area contributed by atoms with E-state index in [0.717, 1.165) is 88.4 Å². The predicted molar refractivity (Wildman–Crippen MR) is 228 cm³/mol. The first-order valence-corrected chi connectivity index (χ1v) is 18.7. The van der Waals surface area contributed by atoms with Gasteiger partial charge in [0.05, 0.1) is 0 Å². The van der Waals surface area contributed by atoms with Crippen LogP contribution in [0.5, 0.6) is 0 Å². The third-order valence-corrected chi connectivity index (χ3v) is 11.3. The first kappa shape index (κ1) is 30.1. The Labute approximate surface area is 315 Å². The van der Waals surface area contributed by atoms with Crippen LogP contribution in [0.25, 0.3) is 121 Å². The zero-order valence-electron chi connectivity index (χ0n) is 29.5. The molecule has 0 saturated heterocycles. The molecule has 55 heavy (non-hydrogen) atoms. The number of rotatable bonds is 4. The number of benzene rings is 9. The van der Waals surface area contributed by atoms with Crippen LogP contribution in [0.15, 0.2) is 195 Å². The van der Waals surface area contributed by atoms with Crippen molar-refractivity contribution < 1.29 is 13.3 Å². The predicted octanol–water partition coefficient (Wildman–Crippen LogP) is 15.2. The van der Waals surface area contributed by atoms with E-state index < -0.39 is 0 Å². The highest BCUT2D eigenvalue weighted by molar-refractivity contribution is 6.23. The van der Waals surface area contributed by atoms with Crippen molar-refractivity contribution in [3.05, 3.63) is 182 Å². The maximum absolute atomic E-state index is 6.67. The SMILES string of the molecule is c1ccc(-c2oc3ccc(-c4c5ccccc5c(-c5ccc6oc7cc8c(cc7c6c5)oc5ccccc58)c5ccccc45)cc3c2-c2ccccc2)cc1. The minimum Gasteiger partial charge on any atom is -0.456 e. The third-order valence-electron chi connectivity index (χ3n) is 11.3. The van der Waals surface area contributed by atoms with E-state index in [1.54, 1.807) is 0 Å². The smallest absolute Gasteiger partial charge is 0.143 e. The summed E-state index contributed by atoms with van der Waals surface area (Å²) >= 11 is 0. The van der Waals surface area contributed by atoms with Gasteiger partial charge in [0.15, 0.2) is 0 Å². The molecule has 0 amide bonds. The van der Waals surface area contributed by atoms with E-state index in [2.05, 4.69) is 158 Å². The Kier molecular flexibility index (Phi) is 6.34. The number of hydrogen-bond donors (Lipinski definition) is 0. The Hall–Kier alpha value is -7.36. The van der Waals surface area contributed by atoms with E-state index in [4.69, 9.17) is 13.3 Å². The van der Waals surface area contributed by atoms with Gasteiger partial charge in [-0.3, -0.25) is 0 Å². The molecule has 0 saturated carbocycles. The van der Waals surface area contributed by atoms with E-state index >= 15 is 0 Å². The van der Waals surface area contributed by atoms with Gasteiger partial charge in [-0.15, -0.1) is 0 Å². The highest BCUT2D eigenvalue weighted by Gasteiger charge is 2.22. The summed E-state index contributed by atoms with van der Waals surface area (Å²) in [6.07, 6.45) is 0. The second-order valence-electron chi connectivity index (χ2n) is 14.3. The van der Waals surface area contributed by atoms with Gasteiger partial charge in [-0.1, -0.05) is 140 Å². The fraction of sp³-hybridized carbons (Fsp3) is 0. The molecule has 0 fully saturated rings. The van der Waals surface area contributed by atoms with Crippen LogP contribution in [0.2, 0.25) is 0 Å². The molecule has 3 heteroatoms. The summed E-state index contributed by atoms with van der Waals surface area (Å²) in [6, 6.07) is 64.3. The molecular weight excluding hydrogens is 673 g/mol. The molecule has 256 valence electrons. The molecule has 3 nitrogen and oxygen atoms in total. The van der Waals surface area contributed by atoms with Crippen LogP contribution in [0.3, 0.4) is 0 Å². The molecule has 0 bridgehead atoms. The van der Waals surface area contributed by atoms with Gasteiger partial charge in [0.25, 0.3) is 0 Å². The lowest BCUT2D eigenvalue weighted by Gasteiger charge is -2.18. The monoisotopic (exact) mass is 702 g/mol. The Morgan fingerprint density at radius 2 is 0.636 bits per heavy atom. The first-order valence-electron chi connectivity index (χ1n) is 18.7. The molecule has 0 aliphatic rings. The van der Waals surface area contributed by atoms with Crippen molar-refractivity contribution in [2.75, 3.05) is 0 Å². The van der Waals surface area contributed by atoms with Crippen LogP contribution in [-0.4, -0.2) is 0 Å². The highest BCUT2D eigenvalue weighted by atomic mass is 16.3. The molecule has 0 unspecified atom stereocenters. The largest absolute Gasteiger partial charge is 0.456 e. The maximum atomic E-state index is 6.67. The molecule has 12 aromatic rings. The van der Waals surface area contributed by atoms with Gasteiger partial charge in [0.1, 0.15) is 33.7 Å². The summed E-state index contributed by atoms with van der Waals surface area (Å²) in [5.74, 6) is 0.882. The summed E-state index contributed by atoms with van der Waals surface area (Å²) < 4.78 is 19.4. The molecule has 3 aromatic heterocycles. The topological polar surface area (TPSA) is 39.4 Å². The van der Waals surface area contributed by atoms with Crippen LogP contribution >= 0.6 is 0 Å². The summed E-state index contributed by atoms with van der Waals surface area (Å²) in [7, 11) is 0. The molecule has 0 aliphatic carbocycles. The van der Waals surface area contributed by atoms with E-state index in [0.29, 0.717) is 0 Å². The fourth-order valence-corrected chi connectivity index (χ4v) is 8.84. The fourth-order valence-electron chi connectivity index (χ4n) is 8.84. The molecule has 3 heterocycles. The second-order valence-corrected chi connectivity index (χ2v) is 14.3. The van der Waals surface area contributed by atoms with Gasteiger partial charge in [-0.25, -0.2) is 0 Å². The minimum atomic E-state index is 0.858. The van der Waals surface area contributed by atoms with Crippen LogP contribution in [0, 0.1) is 0 Å². The summed E-state index contributed by atoms with van der Waals surface area (Å²) in [4.78, 5) is 0.